The van der Waals surface area contributed by atoms with Crippen LogP contribution in [0, 0.1) is 0 Å². The molecular weight excluding hydrogens is 356 g/mol. The van der Waals surface area contributed by atoms with Crippen molar-refractivity contribution in [1.82, 2.24) is 19.7 Å². The largest absolute Gasteiger partial charge is 0.329 e. The summed E-state index contributed by atoms with van der Waals surface area (Å²) in [5.74, 6) is -0.542. The summed E-state index contributed by atoms with van der Waals surface area (Å²) in [5.41, 5.74) is 1.48. The van der Waals surface area contributed by atoms with E-state index in [1.54, 1.807) is 30.6 Å². The van der Waals surface area contributed by atoms with Crippen LogP contribution in [0.1, 0.15) is 25.3 Å². The van der Waals surface area contributed by atoms with Crippen LogP contribution in [-0.2, 0) is 15.7 Å². The van der Waals surface area contributed by atoms with Crippen molar-refractivity contribution < 1.29 is 8.42 Å². The Kier molecular flexibility index (Phi) is 4.49. The molecule has 0 aliphatic rings. The number of nitrogens with zero attached hydrogens (tertiary/aromatic N) is 3. The van der Waals surface area contributed by atoms with Crippen molar-refractivity contribution in [1.29, 1.82) is 0 Å². The van der Waals surface area contributed by atoms with Crippen molar-refractivity contribution in [2.24, 2.45) is 0 Å². The highest BCUT2D eigenvalue weighted by Crippen LogP contribution is 2.31. The van der Waals surface area contributed by atoms with Gasteiger partial charge in [0.2, 0.25) is 0 Å². The Morgan fingerprint density at radius 3 is 2.50 bits per heavy atom. The van der Waals surface area contributed by atoms with Gasteiger partial charge in [-0.25, -0.2) is 17.8 Å². The lowest BCUT2D eigenvalue weighted by Crippen LogP contribution is -2.37. The smallest absolute Gasteiger partial charge is 0.307 e. The van der Waals surface area contributed by atoms with E-state index in [0.29, 0.717) is 10.1 Å². The van der Waals surface area contributed by atoms with Gasteiger partial charge in [0.15, 0.2) is 9.84 Å². The lowest BCUT2D eigenvalue weighted by molar-refractivity contribution is 0.584. The second-order valence-electron chi connectivity index (χ2n) is 6.49. The zero-order valence-electron chi connectivity index (χ0n) is 14.6. The molecule has 0 amide bonds. The van der Waals surface area contributed by atoms with Gasteiger partial charge in [-0.1, -0.05) is 13.8 Å². The molecule has 0 atom stereocenters. The van der Waals surface area contributed by atoms with E-state index in [2.05, 4.69) is 15.2 Å². The van der Waals surface area contributed by atoms with Gasteiger partial charge in [0, 0.05) is 11.8 Å². The van der Waals surface area contributed by atoms with E-state index in [1.165, 1.54) is 0 Å². The SMILES string of the molecule is CC(C)c1cc2[nH]c(=O)n(CS(C)(=O)=O)c(=O)c2cc1-c1ccnnc1. The van der Waals surface area contributed by atoms with Crippen LogP contribution in [0.4, 0.5) is 0 Å². The van der Waals surface area contributed by atoms with Gasteiger partial charge in [0.1, 0.15) is 5.88 Å². The van der Waals surface area contributed by atoms with E-state index in [4.69, 9.17) is 0 Å². The van der Waals surface area contributed by atoms with Gasteiger partial charge in [-0.2, -0.15) is 10.2 Å². The molecule has 0 aliphatic heterocycles. The number of nitrogens with one attached hydrogen (secondary N) is 1. The number of aromatic nitrogens is 4. The average Bonchev–Trinajstić information content (AvgIpc) is 2.57. The van der Waals surface area contributed by atoms with Crippen LogP contribution in [0.2, 0.25) is 0 Å². The summed E-state index contributed by atoms with van der Waals surface area (Å²) in [7, 11) is -3.55. The minimum atomic E-state index is -3.55. The highest BCUT2D eigenvalue weighted by atomic mass is 32.2. The fourth-order valence-electron chi connectivity index (χ4n) is 2.85. The first-order valence-corrected chi connectivity index (χ1v) is 9.99. The minimum Gasteiger partial charge on any atom is -0.307 e. The highest BCUT2D eigenvalue weighted by molar-refractivity contribution is 7.89. The molecule has 0 unspecified atom stereocenters. The number of fused-ring (bicyclic) bond motifs is 1. The highest BCUT2D eigenvalue weighted by Gasteiger charge is 2.16. The second-order valence-corrected chi connectivity index (χ2v) is 8.60. The molecule has 0 saturated heterocycles. The maximum absolute atomic E-state index is 12.7. The topological polar surface area (TPSA) is 115 Å². The number of aromatic amines is 1. The third-order valence-electron chi connectivity index (χ3n) is 4.03. The monoisotopic (exact) mass is 374 g/mol. The summed E-state index contributed by atoms with van der Waals surface area (Å²) in [6.07, 6.45) is 4.12. The molecule has 0 aliphatic carbocycles. The van der Waals surface area contributed by atoms with E-state index < -0.39 is 27.0 Å². The Balaban J connectivity index is 2.37. The first-order chi connectivity index (χ1) is 12.2. The number of hydrogen-bond donors (Lipinski definition) is 1. The lowest BCUT2D eigenvalue weighted by Gasteiger charge is -2.15. The number of hydrogen-bond acceptors (Lipinski definition) is 6. The zero-order valence-corrected chi connectivity index (χ0v) is 15.4. The molecule has 0 spiro atoms. The Morgan fingerprint density at radius 2 is 1.92 bits per heavy atom. The van der Waals surface area contributed by atoms with Crippen LogP contribution in [0.3, 0.4) is 0 Å². The number of benzene rings is 1. The third kappa shape index (κ3) is 3.43. The standard InChI is InChI=1S/C17H18N4O4S/c1-10(2)12-7-15-14(6-13(12)11-4-5-18-19-8-11)16(22)21(17(23)20-15)9-26(3,24)25/h4-8,10H,9H2,1-3H3,(H,20,23). The number of H-pyrrole nitrogens is 1. The van der Waals surface area contributed by atoms with Crippen LogP contribution >= 0.6 is 0 Å². The van der Waals surface area contributed by atoms with Crippen molar-refractivity contribution in [2.45, 2.75) is 25.6 Å². The first kappa shape index (κ1) is 18.0. The van der Waals surface area contributed by atoms with Crippen molar-refractivity contribution in [2.75, 3.05) is 6.26 Å². The average molecular weight is 374 g/mol. The van der Waals surface area contributed by atoms with Gasteiger partial charge in [0.25, 0.3) is 5.56 Å². The van der Waals surface area contributed by atoms with Crippen LogP contribution < -0.4 is 11.2 Å². The molecule has 26 heavy (non-hydrogen) atoms. The van der Waals surface area contributed by atoms with Gasteiger partial charge in [-0.3, -0.25) is 4.79 Å². The van der Waals surface area contributed by atoms with E-state index in [-0.39, 0.29) is 11.3 Å². The minimum absolute atomic E-state index is 0.129. The van der Waals surface area contributed by atoms with E-state index in [1.807, 2.05) is 13.8 Å². The summed E-state index contributed by atoms with van der Waals surface area (Å²) >= 11 is 0. The molecule has 2 aromatic heterocycles. The van der Waals surface area contributed by atoms with Gasteiger partial charge >= 0.3 is 5.69 Å². The molecule has 0 bridgehead atoms. The van der Waals surface area contributed by atoms with E-state index in [0.717, 1.165) is 22.9 Å². The fraction of sp³-hybridized carbons (Fsp3) is 0.294. The zero-order chi connectivity index (χ0) is 19.1. The molecule has 8 nitrogen and oxygen atoms in total. The van der Waals surface area contributed by atoms with Gasteiger partial charge < -0.3 is 4.98 Å². The Hall–Kier alpha value is -2.81. The molecule has 136 valence electrons. The van der Waals surface area contributed by atoms with Gasteiger partial charge in [-0.05, 0) is 35.2 Å². The van der Waals surface area contributed by atoms with Crippen LogP contribution in [-0.4, -0.2) is 34.4 Å². The Morgan fingerprint density at radius 1 is 1.19 bits per heavy atom. The predicted octanol–water partition coefficient (Wildman–Crippen LogP) is 1.27. The maximum atomic E-state index is 12.7. The molecular formula is C17H18N4O4S. The molecule has 0 saturated carbocycles. The maximum Gasteiger partial charge on any atom is 0.329 e. The van der Waals surface area contributed by atoms with E-state index >= 15 is 0 Å². The summed E-state index contributed by atoms with van der Waals surface area (Å²) in [4.78, 5) is 27.5. The summed E-state index contributed by atoms with van der Waals surface area (Å²) in [6.45, 7) is 4.00. The second kappa shape index (κ2) is 6.49. The third-order valence-corrected chi connectivity index (χ3v) is 4.76. The Labute approximate surface area is 149 Å². The van der Waals surface area contributed by atoms with Crippen molar-refractivity contribution in [3.63, 3.8) is 0 Å². The number of sulfone groups is 1. The van der Waals surface area contributed by atoms with Crippen LogP contribution in [0.15, 0.2) is 40.2 Å². The summed E-state index contributed by atoms with van der Waals surface area (Å²) in [5, 5.41) is 7.88. The van der Waals surface area contributed by atoms with Gasteiger partial charge in [0.05, 0.1) is 23.3 Å². The molecule has 0 fully saturated rings. The van der Waals surface area contributed by atoms with Crippen molar-refractivity contribution >= 4 is 20.7 Å². The molecule has 1 N–H and O–H groups in total. The molecule has 2 heterocycles. The summed E-state index contributed by atoms with van der Waals surface area (Å²) in [6, 6.07) is 5.20. The first-order valence-electron chi connectivity index (χ1n) is 7.93. The lowest BCUT2D eigenvalue weighted by atomic mass is 9.92. The van der Waals surface area contributed by atoms with E-state index in [9.17, 15) is 18.0 Å². The summed E-state index contributed by atoms with van der Waals surface area (Å²) < 4.78 is 23.8. The number of rotatable bonds is 4. The van der Waals surface area contributed by atoms with Crippen LogP contribution in [0.5, 0.6) is 0 Å². The van der Waals surface area contributed by atoms with Crippen molar-refractivity contribution in [3.8, 4) is 11.1 Å². The molecule has 9 heteroatoms. The molecule has 1 aromatic carbocycles. The fourth-order valence-corrected chi connectivity index (χ4v) is 3.55. The Bertz CT molecular complexity index is 1200. The molecule has 0 radical (unpaired) electrons. The molecule has 3 rings (SSSR count). The van der Waals surface area contributed by atoms with Gasteiger partial charge in [-0.15, -0.1) is 0 Å². The molecule has 3 aromatic rings. The quantitative estimate of drug-likeness (QED) is 0.735. The van der Waals surface area contributed by atoms with Crippen LogP contribution in [0.25, 0.3) is 22.0 Å². The normalized spacial score (nSPS) is 12.0. The van der Waals surface area contributed by atoms with Crippen molar-refractivity contribution in [3.05, 3.63) is 57.0 Å². The predicted molar refractivity (Wildman–Crippen MR) is 98.8 cm³/mol.